The maximum absolute atomic E-state index is 13.3. The third-order valence-electron chi connectivity index (χ3n) is 3.36. The molecule has 0 spiro atoms. The van der Waals surface area contributed by atoms with Crippen LogP contribution in [0.25, 0.3) is 0 Å². The van der Waals surface area contributed by atoms with E-state index < -0.39 is 5.82 Å². The fraction of sp³-hybridized carbons (Fsp3) is 0.0588. The van der Waals surface area contributed by atoms with Crippen molar-refractivity contribution in [1.29, 1.82) is 0 Å². The van der Waals surface area contributed by atoms with E-state index in [1.807, 2.05) is 0 Å². The minimum absolute atomic E-state index is 0.0183. The number of thiocarbonyl (C=S) groups is 1. The van der Waals surface area contributed by atoms with Gasteiger partial charge in [-0.15, -0.1) is 0 Å². The number of hydrogen-bond acceptors (Lipinski definition) is 2. The summed E-state index contributed by atoms with van der Waals surface area (Å²) >= 11 is 17.1. The zero-order valence-corrected chi connectivity index (χ0v) is 15.5. The largest absolute Gasteiger partial charge is 0.332 e. The molecule has 0 fully saturated rings. The lowest BCUT2D eigenvalue weighted by molar-refractivity contribution is 0.619. The van der Waals surface area contributed by atoms with E-state index in [0.29, 0.717) is 23.1 Å². The summed E-state index contributed by atoms with van der Waals surface area (Å²) in [4.78, 5) is 0. The molecule has 3 aromatic rings. The summed E-state index contributed by atoms with van der Waals surface area (Å²) in [5.74, 6) is -0.494. The van der Waals surface area contributed by atoms with Gasteiger partial charge in [-0.1, -0.05) is 35.3 Å². The number of halogens is 4. The summed E-state index contributed by atoms with van der Waals surface area (Å²) < 4.78 is 28.0. The minimum atomic E-state index is -0.518. The van der Waals surface area contributed by atoms with Gasteiger partial charge >= 0.3 is 0 Å². The van der Waals surface area contributed by atoms with E-state index in [9.17, 15) is 8.78 Å². The van der Waals surface area contributed by atoms with Crippen LogP contribution in [0.15, 0.2) is 48.7 Å². The first-order valence-electron chi connectivity index (χ1n) is 7.41. The number of anilines is 2. The van der Waals surface area contributed by atoms with Crippen LogP contribution in [0.5, 0.6) is 0 Å². The van der Waals surface area contributed by atoms with Crippen molar-refractivity contribution in [3.63, 3.8) is 0 Å². The molecule has 1 heterocycles. The smallest absolute Gasteiger partial charge is 0.176 e. The van der Waals surface area contributed by atoms with E-state index in [1.165, 1.54) is 30.3 Å². The van der Waals surface area contributed by atoms with Crippen molar-refractivity contribution in [2.75, 3.05) is 10.6 Å². The number of aromatic nitrogens is 2. The van der Waals surface area contributed by atoms with Crippen LogP contribution in [0.4, 0.5) is 20.3 Å². The topological polar surface area (TPSA) is 41.9 Å². The first kappa shape index (κ1) is 18.6. The van der Waals surface area contributed by atoms with Crippen LogP contribution in [0, 0.1) is 11.6 Å². The maximum Gasteiger partial charge on any atom is 0.176 e. The number of benzene rings is 2. The summed E-state index contributed by atoms with van der Waals surface area (Å²) in [5.41, 5.74) is 1.27. The van der Waals surface area contributed by atoms with E-state index >= 15 is 0 Å². The molecule has 0 aliphatic rings. The Kier molecular flexibility index (Phi) is 5.70. The Morgan fingerprint density at radius 3 is 2.62 bits per heavy atom. The molecule has 0 aliphatic carbocycles. The Balaban J connectivity index is 1.67. The highest BCUT2D eigenvalue weighted by atomic mass is 35.5. The summed E-state index contributed by atoms with van der Waals surface area (Å²) in [7, 11) is 0. The van der Waals surface area contributed by atoms with Crippen LogP contribution in [0.2, 0.25) is 10.0 Å². The number of nitrogens with zero attached hydrogens (tertiary/aromatic N) is 2. The van der Waals surface area contributed by atoms with Gasteiger partial charge in [-0.3, -0.25) is 4.68 Å². The Bertz CT molecular complexity index is 962. The highest BCUT2D eigenvalue weighted by Gasteiger charge is 2.10. The summed E-state index contributed by atoms with van der Waals surface area (Å²) in [6.07, 6.45) is 1.60. The third kappa shape index (κ3) is 4.69. The second-order valence-corrected chi connectivity index (χ2v) is 6.58. The summed E-state index contributed by atoms with van der Waals surface area (Å²) in [6, 6.07) is 10.4. The predicted octanol–water partition coefficient (Wildman–Crippen LogP) is 5.33. The molecule has 0 aliphatic heterocycles. The van der Waals surface area contributed by atoms with Crippen molar-refractivity contribution in [3.8, 4) is 0 Å². The fourth-order valence-electron chi connectivity index (χ4n) is 2.23. The predicted molar refractivity (Wildman–Crippen MR) is 104 cm³/mol. The average Bonchev–Trinajstić information content (AvgIpc) is 2.90. The molecule has 0 radical (unpaired) electrons. The van der Waals surface area contributed by atoms with Crippen molar-refractivity contribution >= 4 is 52.0 Å². The summed E-state index contributed by atoms with van der Waals surface area (Å²) in [6.45, 7) is 0.354. The van der Waals surface area contributed by atoms with E-state index in [1.54, 1.807) is 23.0 Å². The highest BCUT2D eigenvalue weighted by Crippen LogP contribution is 2.22. The molecule has 2 N–H and O–H groups in total. The standard InChI is InChI=1S/C17H12Cl2F2N4S/c18-13-7-12(4-5-15(13)21)22-17(26)23-16-14(19)9-25(24-16)8-10-2-1-3-11(20)6-10/h1-7,9H,8H2,(H2,22,23,24,26). The van der Waals surface area contributed by atoms with Crippen LogP contribution in [-0.2, 0) is 6.54 Å². The maximum atomic E-state index is 13.3. The molecule has 9 heteroatoms. The molecule has 0 saturated heterocycles. The van der Waals surface area contributed by atoms with Crippen LogP contribution in [0.1, 0.15) is 5.56 Å². The third-order valence-corrected chi connectivity index (χ3v) is 4.13. The second kappa shape index (κ2) is 7.99. The molecule has 3 rings (SSSR count). The molecule has 134 valence electrons. The first-order valence-corrected chi connectivity index (χ1v) is 8.57. The fourth-order valence-corrected chi connectivity index (χ4v) is 2.82. The van der Waals surface area contributed by atoms with Gasteiger partial charge in [-0.05, 0) is 48.1 Å². The SMILES string of the molecule is Fc1cccc(Cn2cc(Cl)c(NC(=S)Nc3ccc(F)c(Cl)c3)n2)c1. The summed E-state index contributed by atoms with van der Waals surface area (Å²) in [5, 5.41) is 10.6. The monoisotopic (exact) mass is 412 g/mol. The Labute approximate surface area is 163 Å². The molecule has 0 saturated carbocycles. The van der Waals surface area contributed by atoms with Crippen LogP contribution >= 0.6 is 35.4 Å². The lowest BCUT2D eigenvalue weighted by Gasteiger charge is -2.09. The van der Waals surface area contributed by atoms with Crippen molar-refractivity contribution in [2.24, 2.45) is 0 Å². The second-order valence-electron chi connectivity index (χ2n) is 5.36. The normalized spacial score (nSPS) is 10.6. The van der Waals surface area contributed by atoms with E-state index in [2.05, 4.69) is 15.7 Å². The van der Waals surface area contributed by atoms with Gasteiger partial charge < -0.3 is 10.6 Å². The quantitative estimate of drug-likeness (QED) is 0.568. The Morgan fingerprint density at radius 2 is 1.88 bits per heavy atom. The zero-order valence-electron chi connectivity index (χ0n) is 13.1. The van der Waals surface area contributed by atoms with E-state index in [4.69, 9.17) is 35.4 Å². The van der Waals surface area contributed by atoms with Gasteiger partial charge in [0.2, 0.25) is 0 Å². The number of hydrogen-bond donors (Lipinski definition) is 2. The van der Waals surface area contributed by atoms with Crippen LogP contribution in [-0.4, -0.2) is 14.9 Å². The Morgan fingerprint density at radius 1 is 1.08 bits per heavy atom. The molecule has 26 heavy (non-hydrogen) atoms. The highest BCUT2D eigenvalue weighted by molar-refractivity contribution is 7.80. The molecule has 0 unspecified atom stereocenters. The van der Waals surface area contributed by atoms with Crippen molar-refractivity contribution in [3.05, 3.63) is 75.9 Å². The van der Waals surface area contributed by atoms with Gasteiger partial charge in [-0.25, -0.2) is 8.78 Å². The van der Waals surface area contributed by atoms with E-state index in [-0.39, 0.29) is 16.0 Å². The Hall–Kier alpha value is -2.22. The van der Waals surface area contributed by atoms with Gasteiger partial charge in [0, 0.05) is 11.9 Å². The molecule has 0 amide bonds. The molecule has 0 atom stereocenters. The van der Waals surface area contributed by atoms with Gasteiger partial charge in [-0.2, -0.15) is 5.10 Å². The molecular formula is C17H12Cl2F2N4S. The van der Waals surface area contributed by atoms with Gasteiger partial charge in [0.05, 0.1) is 11.6 Å². The number of nitrogens with one attached hydrogen (secondary N) is 2. The molecule has 4 nitrogen and oxygen atoms in total. The lowest BCUT2D eigenvalue weighted by atomic mass is 10.2. The van der Waals surface area contributed by atoms with Crippen molar-refractivity contribution in [1.82, 2.24) is 9.78 Å². The molecule has 1 aromatic heterocycles. The lowest BCUT2D eigenvalue weighted by Crippen LogP contribution is -2.19. The zero-order chi connectivity index (χ0) is 18.7. The molecular weight excluding hydrogens is 401 g/mol. The van der Waals surface area contributed by atoms with Crippen LogP contribution < -0.4 is 10.6 Å². The minimum Gasteiger partial charge on any atom is -0.332 e. The van der Waals surface area contributed by atoms with Crippen molar-refractivity contribution < 1.29 is 8.78 Å². The number of rotatable bonds is 4. The van der Waals surface area contributed by atoms with Crippen molar-refractivity contribution in [2.45, 2.75) is 6.54 Å². The first-order chi connectivity index (χ1) is 12.4. The molecule has 0 bridgehead atoms. The van der Waals surface area contributed by atoms with E-state index in [0.717, 1.165) is 5.56 Å². The van der Waals surface area contributed by atoms with Gasteiger partial charge in [0.15, 0.2) is 10.9 Å². The molecule has 2 aromatic carbocycles. The van der Waals surface area contributed by atoms with Crippen LogP contribution in [0.3, 0.4) is 0 Å². The van der Waals surface area contributed by atoms with Gasteiger partial charge in [0.25, 0.3) is 0 Å². The van der Waals surface area contributed by atoms with Gasteiger partial charge in [0.1, 0.15) is 16.7 Å². The average molecular weight is 413 g/mol.